The number of hydrogen-bond donors (Lipinski definition) is 0. The highest BCUT2D eigenvalue weighted by Gasteiger charge is 2.48. The van der Waals surface area contributed by atoms with Gasteiger partial charge in [0.05, 0.1) is 5.69 Å². The monoisotopic (exact) mass is 318 g/mol. The van der Waals surface area contributed by atoms with Crippen LogP contribution in [0.25, 0.3) is 0 Å². The third-order valence-electron chi connectivity index (χ3n) is 5.01. The van der Waals surface area contributed by atoms with E-state index in [4.69, 9.17) is 0 Å². The molecule has 2 aromatic rings. The summed E-state index contributed by atoms with van der Waals surface area (Å²) in [5.74, 6) is -0.161. The Morgan fingerprint density at radius 3 is 2.64 bits per heavy atom. The van der Waals surface area contributed by atoms with Gasteiger partial charge >= 0.3 is 0 Å². The molecule has 4 nitrogen and oxygen atoms in total. The lowest BCUT2D eigenvalue weighted by atomic mass is 9.83. The average molecular weight is 318 g/mol. The summed E-state index contributed by atoms with van der Waals surface area (Å²) in [5.41, 5.74) is 2.59. The van der Waals surface area contributed by atoms with Gasteiger partial charge in [-0.2, -0.15) is 0 Å². The first kappa shape index (κ1) is 14.2. The Balaban J connectivity index is 1.39. The van der Waals surface area contributed by atoms with E-state index in [9.17, 15) is 4.39 Å². The first-order chi connectivity index (χ1) is 10.7. The van der Waals surface area contributed by atoms with E-state index in [1.165, 1.54) is 29.9 Å². The van der Waals surface area contributed by atoms with Crippen molar-refractivity contribution in [1.29, 1.82) is 0 Å². The summed E-state index contributed by atoms with van der Waals surface area (Å²) in [6.45, 7) is 5.20. The molecule has 2 aliphatic rings. The van der Waals surface area contributed by atoms with Gasteiger partial charge in [0, 0.05) is 43.6 Å². The van der Waals surface area contributed by atoms with Crippen molar-refractivity contribution in [3.05, 3.63) is 46.7 Å². The molecule has 2 aliphatic heterocycles. The molecule has 1 aromatic heterocycles. The lowest BCUT2D eigenvalue weighted by Gasteiger charge is -2.51. The number of halogens is 1. The molecule has 1 unspecified atom stereocenters. The van der Waals surface area contributed by atoms with Crippen LogP contribution in [0.1, 0.15) is 24.1 Å². The quantitative estimate of drug-likeness (QED) is 0.867. The second-order valence-corrected chi connectivity index (χ2v) is 6.99. The van der Waals surface area contributed by atoms with Crippen molar-refractivity contribution in [2.75, 3.05) is 19.6 Å². The van der Waals surface area contributed by atoms with Crippen LogP contribution >= 0.6 is 11.5 Å². The van der Waals surface area contributed by atoms with Gasteiger partial charge < -0.3 is 0 Å². The van der Waals surface area contributed by atoms with E-state index in [1.54, 1.807) is 12.1 Å². The SMILES string of the molecule is Fc1ccc(CN2CCC23CCN(Cc2csnn2)C3)cc1. The number of aromatic nitrogens is 2. The molecule has 2 saturated heterocycles. The summed E-state index contributed by atoms with van der Waals surface area (Å²) in [6.07, 6.45) is 2.48. The Labute approximate surface area is 133 Å². The fourth-order valence-electron chi connectivity index (χ4n) is 3.66. The van der Waals surface area contributed by atoms with Gasteiger partial charge in [-0.05, 0) is 42.1 Å². The topological polar surface area (TPSA) is 32.3 Å². The molecular weight excluding hydrogens is 299 g/mol. The van der Waals surface area contributed by atoms with Gasteiger partial charge in [0.2, 0.25) is 0 Å². The lowest BCUT2D eigenvalue weighted by molar-refractivity contribution is -0.0146. The summed E-state index contributed by atoms with van der Waals surface area (Å²) in [6, 6.07) is 6.90. The highest BCUT2D eigenvalue weighted by molar-refractivity contribution is 7.03. The average Bonchev–Trinajstić information content (AvgIpc) is 3.17. The molecule has 0 amide bonds. The fourth-order valence-corrected chi connectivity index (χ4v) is 4.11. The summed E-state index contributed by atoms with van der Waals surface area (Å²) in [7, 11) is 0. The number of nitrogens with zero attached hydrogens (tertiary/aromatic N) is 4. The van der Waals surface area contributed by atoms with Crippen LogP contribution in [0.2, 0.25) is 0 Å². The van der Waals surface area contributed by atoms with Crippen LogP contribution in [-0.4, -0.2) is 44.6 Å². The van der Waals surface area contributed by atoms with E-state index < -0.39 is 0 Å². The van der Waals surface area contributed by atoms with Crippen LogP contribution in [0.4, 0.5) is 4.39 Å². The summed E-state index contributed by atoms with van der Waals surface area (Å²) in [5, 5.41) is 6.17. The van der Waals surface area contributed by atoms with Gasteiger partial charge in [0.1, 0.15) is 5.82 Å². The minimum absolute atomic E-state index is 0.161. The molecule has 116 valence electrons. The molecule has 0 aliphatic carbocycles. The maximum absolute atomic E-state index is 13.0. The van der Waals surface area contributed by atoms with Gasteiger partial charge in [-0.15, -0.1) is 5.10 Å². The predicted molar refractivity (Wildman–Crippen MR) is 84.0 cm³/mol. The van der Waals surface area contributed by atoms with Gasteiger partial charge in [0.25, 0.3) is 0 Å². The van der Waals surface area contributed by atoms with E-state index in [-0.39, 0.29) is 5.82 Å². The second kappa shape index (κ2) is 5.68. The molecule has 6 heteroatoms. The molecule has 0 N–H and O–H groups in total. The largest absolute Gasteiger partial charge is 0.295 e. The molecule has 22 heavy (non-hydrogen) atoms. The van der Waals surface area contributed by atoms with Crippen molar-refractivity contribution in [3.8, 4) is 0 Å². The van der Waals surface area contributed by atoms with Crippen LogP contribution in [0.3, 0.4) is 0 Å². The molecule has 1 atom stereocenters. The molecule has 1 aromatic carbocycles. The van der Waals surface area contributed by atoms with Crippen LogP contribution in [0.15, 0.2) is 29.6 Å². The number of likely N-dealkylation sites (tertiary alicyclic amines) is 2. The van der Waals surface area contributed by atoms with E-state index in [0.29, 0.717) is 5.54 Å². The molecule has 0 radical (unpaired) electrons. The second-order valence-electron chi connectivity index (χ2n) is 6.38. The van der Waals surface area contributed by atoms with E-state index in [1.807, 2.05) is 17.5 Å². The zero-order valence-corrected chi connectivity index (χ0v) is 13.2. The minimum Gasteiger partial charge on any atom is -0.295 e. The molecule has 4 rings (SSSR count). The highest BCUT2D eigenvalue weighted by Crippen LogP contribution is 2.40. The van der Waals surface area contributed by atoms with E-state index in [0.717, 1.165) is 38.4 Å². The predicted octanol–water partition coefficient (Wildman–Crippen LogP) is 2.53. The Bertz CT molecular complexity index is 630. The van der Waals surface area contributed by atoms with Gasteiger partial charge in [-0.1, -0.05) is 16.6 Å². The van der Waals surface area contributed by atoms with Crippen molar-refractivity contribution in [2.24, 2.45) is 0 Å². The van der Waals surface area contributed by atoms with Gasteiger partial charge in [-0.25, -0.2) is 4.39 Å². The smallest absolute Gasteiger partial charge is 0.123 e. The van der Waals surface area contributed by atoms with Crippen LogP contribution < -0.4 is 0 Å². The molecule has 0 saturated carbocycles. The Kier molecular flexibility index (Phi) is 3.68. The first-order valence-electron chi connectivity index (χ1n) is 7.71. The number of benzene rings is 1. The van der Waals surface area contributed by atoms with Crippen molar-refractivity contribution >= 4 is 11.5 Å². The van der Waals surface area contributed by atoms with Crippen LogP contribution in [0.5, 0.6) is 0 Å². The Morgan fingerprint density at radius 1 is 1.14 bits per heavy atom. The zero-order valence-electron chi connectivity index (χ0n) is 12.4. The molecular formula is C16H19FN4S. The number of hydrogen-bond acceptors (Lipinski definition) is 5. The molecule has 1 spiro atoms. The Hall–Kier alpha value is -1.37. The van der Waals surface area contributed by atoms with Gasteiger partial charge in [-0.3, -0.25) is 9.80 Å². The minimum atomic E-state index is -0.161. The lowest BCUT2D eigenvalue weighted by Crippen LogP contribution is -2.60. The third kappa shape index (κ3) is 2.66. The maximum atomic E-state index is 13.0. The van der Waals surface area contributed by atoms with Crippen molar-refractivity contribution in [3.63, 3.8) is 0 Å². The summed E-state index contributed by atoms with van der Waals surface area (Å²) >= 11 is 1.42. The normalized spacial score (nSPS) is 25.7. The third-order valence-corrected chi connectivity index (χ3v) is 5.56. The van der Waals surface area contributed by atoms with Crippen molar-refractivity contribution in [1.82, 2.24) is 19.4 Å². The van der Waals surface area contributed by atoms with Crippen LogP contribution in [-0.2, 0) is 13.1 Å². The summed E-state index contributed by atoms with van der Waals surface area (Å²) < 4.78 is 17.0. The summed E-state index contributed by atoms with van der Waals surface area (Å²) in [4.78, 5) is 5.03. The standard InChI is InChI=1S/C16H19FN4S/c17-14-3-1-13(2-4-14)9-21-8-6-16(21)5-7-20(12-16)10-15-11-22-19-18-15/h1-4,11H,5-10,12H2. The first-order valence-corrected chi connectivity index (χ1v) is 8.55. The van der Waals surface area contributed by atoms with Crippen LogP contribution in [0, 0.1) is 5.82 Å². The number of rotatable bonds is 4. The fraction of sp³-hybridized carbons (Fsp3) is 0.500. The highest BCUT2D eigenvalue weighted by atomic mass is 32.1. The van der Waals surface area contributed by atoms with E-state index >= 15 is 0 Å². The Morgan fingerprint density at radius 2 is 1.95 bits per heavy atom. The maximum Gasteiger partial charge on any atom is 0.123 e. The molecule has 3 heterocycles. The molecule has 2 fully saturated rings. The van der Waals surface area contributed by atoms with Gasteiger partial charge in [0.15, 0.2) is 0 Å². The van der Waals surface area contributed by atoms with Crippen molar-refractivity contribution in [2.45, 2.75) is 31.5 Å². The van der Waals surface area contributed by atoms with Crippen molar-refractivity contribution < 1.29 is 4.39 Å². The molecule has 0 bridgehead atoms. The van der Waals surface area contributed by atoms with E-state index in [2.05, 4.69) is 19.4 Å². The zero-order chi connectivity index (χ0) is 15.0.